The van der Waals surface area contributed by atoms with E-state index >= 15 is 0 Å². The third kappa shape index (κ3) is 4.41. The number of carbonyl (C=O) groups excluding carboxylic acids is 1. The number of nitrogens with one attached hydrogen (secondary N) is 1. The molecule has 0 saturated heterocycles. The molecule has 10 heteroatoms. The summed E-state index contributed by atoms with van der Waals surface area (Å²) in [6.07, 6.45) is 4.67. The van der Waals surface area contributed by atoms with Crippen LogP contribution in [0.5, 0.6) is 0 Å². The van der Waals surface area contributed by atoms with Gasteiger partial charge < -0.3 is 5.32 Å². The van der Waals surface area contributed by atoms with Crippen LogP contribution in [0.2, 0.25) is 20.1 Å². The molecule has 0 atom stereocenters. The second-order valence-electron chi connectivity index (χ2n) is 6.39. The van der Waals surface area contributed by atoms with Crippen LogP contribution < -0.4 is 5.32 Å². The van der Waals surface area contributed by atoms with Crippen molar-refractivity contribution in [2.45, 2.75) is 25.9 Å². The van der Waals surface area contributed by atoms with Gasteiger partial charge in [-0.25, -0.2) is 0 Å². The molecule has 2 heterocycles. The molecule has 1 amide bonds. The summed E-state index contributed by atoms with van der Waals surface area (Å²) < 4.78 is 3.08. The van der Waals surface area contributed by atoms with E-state index in [1.807, 2.05) is 6.07 Å². The van der Waals surface area contributed by atoms with E-state index in [1.165, 1.54) is 10.9 Å². The number of benzene rings is 1. The summed E-state index contributed by atoms with van der Waals surface area (Å²) in [7, 11) is 0. The maximum atomic E-state index is 12.7. The number of hydrogen-bond donors (Lipinski definition) is 1. The molecular formula is C17H15Cl4N5O. The second kappa shape index (κ2) is 7.72. The van der Waals surface area contributed by atoms with Gasteiger partial charge in [0.2, 0.25) is 0 Å². The summed E-state index contributed by atoms with van der Waals surface area (Å²) >= 11 is 24.1. The molecule has 1 N–H and O–H groups in total. The van der Waals surface area contributed by atoms with Gasteiger partial charge >= 0.3 is 0 Å². The van der Waals surface area contributed by atoms with Gasteiger partial charge in [0.15, 0.2) is 5.82 Å². The van der Waals surface area contributed by atoms with Crippen molar-refractivity contribution in [1.29, 1.82) is 0 Å². The molecule has 1 aromatic carbocycles. The number of nitrogens with zero attached hydrogens (tertiary/aromatic N) is 4. The Balaban J connectivity index is 1.76. The Morgan fingerprint density at radius 1 is 1.11 bits per heavy atom. The molecule has 0 aliphatic rings. The van der Waals surface area contributed by atoms with E-state index in [1.54, 1.807) is 43.1 Å². The van der Waals surface area contributed by atoms with Crippen molar-refractivity contribution in [2.24, 2.45) is 0 Å². The molecule has 142 valence electrons. The molecule has 0 saturated carbocycles. The number of hydrogen-bond acceptors (Lipinski definition) is 3. The minimum atomic E-state index is -0.982. The Hall–Kier alpha value is -1.73. The first-order valence-electron chi connectivity index (χ1n) is 7.86. The van der Waals surface area contributed by atoms with Gasteiger partial charge in [0, 0.05) is 12.4 Å². The van der Waals surface area contributed by atoms with E-state index < -0.39 is 5.54 Å². The molecule has 0 aliphatic carbocycles. The molecule has 0 fully saturated rings. The second-order valence-corrected chi connectivity index (χ2v) is 8.05. The van der Waals surface area contributed by atoms with Gasteiger partial charge in [-0.05, 0) is 31.5 Å². The normalized spacial score (nSPS) is 11.6. The van der Waals surface area contributed by atoms with Gasteiger partial charge in [-0.15, -0.1) is 0 Å². The van der Waals surface area contributed by atoms with Crippen molar-refractivity contribution in [2.75, 3.05) is 5.32 Å². The van der Waals surface area contributed by atoms with Crippen LogP contribution in [-0.4, -0.2) is 25.5 Å². The first-order chi connectivity index (χ1) is 12.7. The van der Waals surface area contributed by atoms with Crippen molar-refractivity contribution < 1.29 is 4.79 Å². The summed E-state index contributed by atoms with van der Waals surface area (Å²) in [4.78, 5) is 12.7. The van der Waals surface area contributed by atoms with Crippen molar-refractivity contribution in [3.8, 4) is 0 Å². The number of aromatic nitrogens is 4. The molecule has 27 heavy (non-hydrogen) atoms. The van der Waals surface area contributed by atoms with Crippen molar-refractivity contribution in [3.63, 3.8) is 0 Å². The number of anilines is 1. The minimum Gasteiger partial charge on any atom is -0.306 e. The van der Waals surface area contributed by atoms with Crippen LogP contribution in [0.1, 0.15) is 19.4 Å². The molecule has 0 spiro atoms. The molecule has 0 aliphatic heterocycles. The fraction of sp³-hybridized carbons (Fsp3) is 0.235. The zero-order valence-corrected chi connectivity index (χ0v) is 17.4. The Kier molecular flexibility index (Phi) is 5.72. The third-order valence-corrected chi connectivity index (χ3v) is 5.17. The van der Waals surface area contributed by atoms with Crippen LogP contribution in [-0.2, 0) is 16.9 Å². The number of rotatable bonds is 5. The van der Waals surface area contributed by atoms with E-state index in [-0.39, 0.29) is 11.7 Å². The fourth-order valence-corrected chi connectivity index (χ4v) is 3.01. The monoisotopic (exact) mass is 445 g/mol. The SMILES string of the molecule is CC(C)(C(=O)Nc1nn(Cc2ccc(Cl)c(Cl)c2)cc1Cl)n1cc(Cl)cn1. The molecule has 0 bridgehead atoms. The Bertz CT molecular complexity index is 995. The van der Waals surface area contributed by atoms with E-state index in [0.717, 1.165) is 5.56 Å². The average molecular weight is 447 g/mol. The van der Waals surface area contributed by atoms with Crippen LogP contribution in [0.4, 0.5) is 5.82 Å². The lowest BCUT2D eigenvalue weighted by Gasteiger charge is -2.23. The van der Waals surface area contributed by atoms with Crippen molar-refractivity contribution >= 4 is 58.1 Å². The maximum absolute atomic E-state index is 12.7. The smallest absolute Gasteiger partial charge is 0.253 e. The topological polar surface area (TPSA) is 64.7 Å². The van der Waals surface area contributed by atoms with E-state index in [2.05, 4.69) is 15.5 Å². The third-order valence-electron chi connectivity index (χ3n) is 3.96. The molecular weight excluding hydrogens is 432 g/mol. The van der Waals surface area contributed by atoms with Gasteiger partial charge in [-0.3, -0.25) is 14.2 Å². The van der Waals surface area contributed by atoms with Gasteiger partial charge in [0.25, 0.3) is 5.91 Å². The van der Waals surface area contributed by atoms with Gasteiger partial charge in [-0.1, -0.05) is 52.5 Å². The summed E-state index contributed by atoms with van der Waals surface area (Å²) in [6.45, 7) is 3.85. The van der Waals surface area contributed by atoms with Crippen LogP contribution >= 0.6 is 46.4 Å². The highest BCUT2D eigenvalue weighted by Crippen LogP contribution is 2.26. The lowest BCUT2D eigenvalue weighted by Crippen LogP contribution is -2.40. The Labute approximate surface area is 176 Å². The largest absolute Gasteiger partial charge is 0.306 e. The highest BCUT2D eigenvalue weighted by Gasteiger charge is 2.31. The van der Waals surface area contributed by atoms with Crippen molar-refractivity contribution in [1.82, 2.24) is 19.6 Å². The zero-order valence-electron chi connectivity index (χ0n) is 14.4. The van der Waals surface area contributed by atoms with Gasteiger partial charge in [0.05, 0.1) is 27.8 Å². The standard InChI is InChI=1S/C17H15Cl4N5O/c1-17(2,26-8-11(18)6-22-26)16(27)23-15-14(21)9-25(24-15)7-10-3-4-12(19)13(20)5-10/h3-6,8-9H,7H2,1-2H3,(H,23,24,27). The number of amides is 1. The highest BCUT2D eigenvalue weighted by atomic mass is 35.5. The highest BCUT2D eigenvalue weighted by molar-refractivity contribution is 6.42. The molecule has 0 unspecified atom stereocenters. The zero-order chi connectivity index (χ0) is 19.8. The predicted octanol–water partition coefficient (Wildman–Crippen LogP) is 5.12. The summed E-state index contributed by atoms with van der Waals surface area (Å²) in [6, 6.07) is 5.31. The van der Waals surface area contributed by atoms with E-state index in [4.69, 9.17) is 46.4 Å². The van der Waals surface area contributed by atoms with Crippen molar-refractivity contribution in [3.05, 3.63) is 62.4 Å². The minimum absolute atomic E-state index is 0.257. The molecule has 3 aromatic rings. The quantitative estimate of drug-likeness (QED) is 0.591. The summed E-state index contributed by atoms with van der Waals surface area (Å²) in [5.41, 5.74) is -0.0859. The Morgan fingerprint density at radius 3 is 2.48 bits per heavy atom. The van der Waals surface area contributed by atoms with Crippen LogP contribution in [0.25, 0.3) is 0 Å². The fourth-order valence-electron chi connectivity index (χ4n) is 2.36. The van der Waals surface area contributed by atoms with Gasteiger partial charge in [0.1, 0.15) is 10.6 Å². The van der Waals surface area contributed by atoms with Crippen LogP contribution in [0.15, 0.2) is 36.8 Å². The Morgan fingerprint density at radius 2 is 1.85 bits per heavy atom. The first kappa shape index (κ1) is 20.0. The molecule has 6 nitrogen and oxygen atoms in total. The first-order valence-corrected chi connectivity index (χ1v) is 9.37. The lowest BCUT2D eigenvalue weighted by atomic mass is 10.1. The van der Waals surface area contributed by atoms with Crippen LogP contribution in [0.3, 0.4) is 0 Å². The van der Waals surface area contributed by atoms with E-state index in [9.17, 15) is 4.79 Å². The summed E-state index contributed by atoms with van der Waals surface area (Å²) in [5.74, 6) is -0.0722. The average Bonchev–Trinajstić information content (AvgIpc) is 3.17. The van der Waals surface area contributed by atoms with E-state index in [0.29, 0.717) is 26.6 Å². The molecule has 2 aromatic heterocycles. The number of carbonyl (C=O) groups is 1. The number of halogens is 4. The summed E-state index contributed by atoms with van der Waals surface area (Å²) in [5, 5.41) is 12.9. The molecule has 3 rings (SSSR count). The molecule has 0 radical (unpaired) electrons. The maximum Gasteiger partial charge on any atom is 0.253 e. The van der Waals surface area contributed by atoms with Crippen LogP contribution in [0, 0.1) is 0 Å². The lowest BCUT2D eigenvalue weighted by molar-refractivity contribution is -0.123. The predicted molar refractivity (Wildman–Crippen MR) is 108 cm³/mol. The van der Waals surface area contributed by atoms with Gasteiger partial charge in [-0.2, -0.15) is 10.2 Å².